The molecule has 5 heteroatoms. The van der Waals surface area contributed by atoms with Crippen molar-refractivity contribution in [3.05, 3.63) is 0 Å². The molecule has 0 spiro atoms. The lowest BCUT2D eigenvalue weighted by Gasteiger charge is -2.03. The number of carbonyl (C=O) groups is 1. The lowest BCUT2D eigenvalue weighted by molar-refractivity contribution is -0.120. The number of ether oxygens (including phenoxy) is 1. The maximum absolute atomic E-state index is 10.2. The van der Waals surface area contributed by atoms with E-state index < -0.39 is 0 Å². The Labute approximate surface area is 52.5 Å². The summed E-state index contributed by atoms with van der Waals surface area (Å²) >= 11 is 0. The van der Waals surface area contributed by atoms with E-state index in [1.54, 1.807) is 0 Å². The van der Waals surface area contributed by atoms with Gasteiger partial charge in [0.25, 0.3) is 0 Å². The number of carbonyl (C=O) groups excluding carboxylic acids is 1. The fourth-order valence-electron chi connectivity index (χ4n) is 0.632. The van der Waals surface area contributed by atoms with E-state index in [1.807, 2.05) is 0 Å². The van der Waals surface area contributed by atoms with Gasteiger partial charge in [-0.15, -0.1) is 0 Å². The van der Waals surface area contributed by atoms with E-state index in [4.69, 9.17) is 10.5 Å². The number of hydrogen-bond acceptors (Lipinski definition) is 4. The fraction of sp³-hybridized carbons (Fsp3) is 0.750. The predicted octanol–water partition coefficient (Wildman–Crippen LogP) is -1.73. The molecule has 1 fully saturated rings. The van der Waals surface area contributed by atoms with Crippen molar-refractivity contribution in [3.8, 4) is 0 Å². The minimum atomic E-state index is -0.365. The number of primary amides is 1. The Morgan fingerprint density at radius 3 is 3.11 bits per heavy atom. The number of hydrogen-bond donors (Lipinski definition) is 3. The van der Waals surface area contributed by atoms with Gasteiger partial charge >= 0.3 is 0 Å². The lowest BCUT2D eigenvalue weighted by Crippen LogP contribution is -2.33. The van der Waals surface area contributed by atoms with Gasteiger partial charge in [-0.05, 0) is 0 Å². The van der Waals surface area contributed by atoms with Crippen LogP contribution in [0.4, 0.5) is 0 Å². The quantitative estimate of drug-likeness (QED) is 0.416. The highest BCUT2D eigenvalue weighted by Gasteiger charge is 2.15. The largest absolute Gasteiger partial charge is 0.370 e. The van der Waals surface area contributed by atoms with Gasteiger partial charge in [0.2, 0.25) is 5.91 Å². The summed E-state index contributed by atoms with van der Waals surface area (Å²) in [7, 11) is 0. The first-order valence-corrected chi connectivity index (χ1v) is 2.67. The lowest BCUT2D eigenvalue weighted by atomic mass is 10.4. The molecule has 0 aliphatic carbocycles. The molecular formula is C4H9N3O2. The molecule has 0 bridgehead atoms. The van der Waals surface area contributed by atoms with Gasteiger partial charge in [-0.25, -0.2) is 10.9 Å². The first-order valence-electron chi connectivity index (χ1n) is 2.67. The van der Waals surface area contributed by atoms with Crippen LogP contribution < -0.4 is 16.6 Å². The predicted molar refractivity (Wildman–Crippen MR) is 29.8 cm³/mol. The van der Waals surface area contributed by atoms with E-state index in [0.29, 0.717) is 6.73 Å². The van der Waals surface area contributed by atoms with Crippen LogP contribution in [0.3, 0.4) is 0 Å². The third-order valence-corrected chi connectivity index (χ3v) is 1.01. The summed E-state index contributed by atoms with van der Waals surface area (Å²) in [5.41, 5.74) is 10.3. The monoisotopic (exact) mass is 131 g/mol. The van der Waals surface area contributed by atoms with Crippen LogP contribution in [0, 0.1) is 0 Å². The van der Waals surface area contributed by atoms with Crippen molar-refractivity contribution in [2.45, 2.75) is 12.6 Å². The van der Waals surface area contributed by atoms with Crippen LogP contribution in [-0.4, -0.2) is 18.9 Å². The molecule has 1 amide bonds. The van der Waals surface area contributed by atoms with Crippen LogP contribution in [0.25, 0.3) is 0 Å². The summed E-state index contributed by atoms with van der Waals surface area (Å²) in [4.78, 5) is 10.2. The van der Waals surface area contributed by atoms with E-state index in [2.05, 4.69) is 10.9 Å². The van der Waals surface area contributed by atoms with Crippen molar-refractivity contribution in [1.82, 2.24) is 10.9 Å². The summed E-state index contributed by atoms with van der Waals surface area (Å²) < 4.78 is 4.94. The second-order valence-electron chi connectivity index (χ2n) is 1.79. The molecule has 0 radical (unpaired) electrons. The van der Waals surface area contributed by atoms with E-state index in [-0.39, 0.29) is 18.6 Å². The molecular weight excluding hydrogens is 122 g/mol. The van der Waals surface area contributed by atoms with Crippen molar-refractivity contribution in [2.75, 3.05) is 6.73 Å². The Morgan fingerprint density at radius 1 is 1.89 bits per heavy atom. The van der Waals surface area contributed by atoms with Gasteiger partial charge in [-0.1, -0.05) is 0 Å². The van der Waals surface area contributed by atoms with Gasteiger partial charge in [0.05, 0.1) is 6.42 Å². The summed E-state index contributed by atoms with van der Waals surface area (Å²) in [5, 5.41) is 0. The Hall–Kier alpha value is -0.650. The molecule has 9 heavy (non-hydrogen) atoms. The smallest absolute Gasteiger partial charge is 0.221 e. The van der Waals surface area contributed by atoms with Gasteiger partial charge in [-0.2, -0.15) is 0 Å². The molecule has 0 saturated carbocycles. The summed E-state index contributed by atoms with van der Waals surface area (Å²) in [5.74, 6) is -0.365. The third kappa shape index (κ3) is 1.96. The van der Waals surface area contributed by atoms with Crippen LogP contribution in [0.5, 0.6) is 0 Å². The molecule has 1 unspecified atom stereocenters. The Kier molecular flexibility index (Phi) is 1.99. The summed E-state index contributed by atoms with van der Waals surface area (Å²) in [6.07, 6.45) is -0.0324. The van der Waals surface area contributed by atoms with E-state index in [1.165, 1.54) is 0 Å². The van der Waals surface area contributed by atoms with Crippen molar-refractivity contribution < 1.29 is 9.53 Å². The van der Waals surface area contributed by atoms with Crippen molar-refractivity contribution >= 4 is 5.91 Å². The van der Waals surface area contributed by atoms with E-state index in [0.717, 1.165) is 0 Å². The molecule has 0 aromatic heterocycles. The molecule has 1 saturated heterocycles. The normalized spacial score (nSPS) is 26.4. The standard InChI is InChI=1S/C4H9N3O2/c5-3(8)1-4-7-6-2-9-4/h4,6-7H,1-2H2,(H2,5,8). The first-order chi connectivity index (χ1) is 4.29. The Balaban J connectivity index is 2.19. The minimum absolute atomic E-state index is 0.215. The minimum Gasteiger partial charge on any atom is -0.370 e. The molecule has 1 atom stereocenters. The van der Waals surface area contributed by atoms with Gasteiger partial charge < -0.3 is 10.5 Å². The van der Waals surface area contributed by atoms with E-state index in [9.17, 15) is 4.79 Å². The van der Waals surface area contributed by atoms with Crippen LogP contribution in [0.2, 0.25) is 0 Å². The van der Waals surface area contributed by atoms with Crippen molar-refractivity contribution in [2.24, 2.45) is 5.73 Å². The molecule has 1 rings (SSSR count). The second kappa shape index (κ2) is 2.77. The molecule has 4 N–H and O–H groups in total. The highest BCUT2D eigenvalue weighted by atomic mass is 16.5. The maximum Gasteiger partial charge on any atom is 0.221 e. The highest BCUT2D eigenvalue weighted by Crippen LogP contribution is 1.94. The zero-order valence-electron chi connectivity index (χ0n) is 4.89. The zero-order chi connectivity index (χ0) is 6.69. The number of nitrogens with two attached hydrogens (primary N) is 1. The van der Waals surface area contributed by atoms with Crippen LogP contribution in [0.15, 0.2) is 0 Å². The van der Waals surface area contributed by atoms with Crippen LogP contribution in [0.1, 0.15) is 6.42 Å². The molecule has 0 aromatic carbocycles. The average molecular weight is 131 g/mol. The Bertz CT molecular complexity index is 110. The number of nitrogens with one attached hydrogen (secondary N) is 2. The van der Waals surface area contributed by atoms with Crippen molar-refractivity contribution in [1.29, 1.82) is 0 Å². The molecule has 0 aromatic rings. The zero-order valence-corrected chi connectivity index (χ0v) is 4.89. The Morgan fingerprint density at radius 2 is 2.67 bits per heavy atom. The number of amides is 1. The van der Waals surface area contributed by atoms with Gasteiger partial charge in [-0.3, -0.25) is 4.79 Å². The van der Waals surface area contributed by atoms with Crippen LogP contribution >= 0.6 is 0 Å². The van der Waals surface area contributed by atoms with Crippen LogP contribution in [-0.2, 0) is 9.53 Å². The summed E-state index contributed by atoms with van der Waals surface area (Å²) in [6.45, 7) is 0.429. The number of rotatable bonds is 2. The van der Waals surface area contributed by atoms with Gasteiger partial charge in [0.1, 0.15) is 13.0 Å². The van der Waals surface area contributed by atoms with Gasteiger partial charge in [0.15, 0.2) is 0 Å². The summed E-state index contributed by atoms with van der Waals surface area (Å²) in [6, 6.07) is 0. The molecule has 1 aliphatic heterocycles. The second-order valence-corrected chi connectivity index (χ2v) is 1.79. The maximum atomic E-state index is 10.2. The average Bonchev–Trinajstić information content (AvgIpc) is 2.15. The van der Waals surface area contributed by atoms with E-state index >= 15 is 0 Å². The van der Waals surface area contributed by atoms with Gasteiger partial charge in [0, 0.05) is 0 Å². The molecule has 5 nitrogen and oxygen atoms in total. The topological polar surface area (TPSA) is 76.4 Å². The number of hydrazine groups is 1. The highest BCUT2D eigenvalue weighted by molar-refractivity contribution is 5.74. The SMILES string of the molecule is NC(=O)CC1NNCO1. The first kappa shape index (κ1) is 6.47. The molecule has 1 heterocycles. The molecule has 1 aliphatic rings. The van der Waals surface area contributed by atoms with Crippen molar-refractivity contribution in [3.63, 3.8) is 0 Å². The molecule has 52 valence electrons. The fourth-order valence-corrected chi connectivity index (χ4v) is 0.632. The third-order valence-electron chi connectivity index (χ3n) is 1.01.